The van der Waals surface area contributed by atoms with E-state index in [0.717, 1.165) is 18.5 Å². The standard InChI is InChI=1S/C26H32N2O5/c1-5-17-33-21-13-9-19(10-14-21)24(29)22-23(18-7-11-20(32-4)12-8-18)28(26(31)25(22)30)16-6-15-27(2)3/h7-14,23,29H,5-6,15-17H2,1-4H3/b24-22-. The van der Waals surface area contributed by atoms with Gasteiger partial charge in [0.2, 0.25) is 0 Å². The van der Waals surface area contributed by atoms with Crippen molar-refractivity contribution in [3.8, 4) is 11.5 Å². The molecule has 1 amide bonds. The number of nitrogens with zero attached hydrogens (tertiary/aromatic N) is 2. The Balaban J connectivity index is 2.01. The molecular formula is C26H32N2O5. The van der Waals surface area contributed by atoms with Gasteiger partial charge < -0.3 is 24.4 Å². The van der Waals surface area contributed by atoms with Crippen LogP contribution in [-0.4, -0.2) is 67.5 Å². The summed E-state index contributed by atoms with van der Waals surface area (Å²) in [5.74, 6) is -0.106. The van der Waals surface area contributed by atoms with Crippen LogP contribution in [-0.2, 0) is 9.59 Å². The van der Waals surface area contributed by atoms with Crippen molar-refractivity contribution in [2.75, 3.05) is 40.9 Å². The van der Waals surface area contributed by atoms with Crippen LogP contribution in [0.3, 0.4) is 0 Å². The fourth-order valence-electron chi connectivity index (χ4n) is 3.89. The van der Waals surface area contributed by atoms with Gasteiger partial charge in [-0.3, -0.25) is 9.59 Å². The smallest absolute Gasteiger partial charge is 0.295 e. The number of hydrogen-bond donors (Lipinski definition) is 1. The van der Waals surface area contributed by atoms with Gasteiger partial charge in [0.25, 0.3) is 11.7 Å². The molecule has 0 aromatic heterocycles. The summed E-state index contributed by atoms with van der Waals surface area (Å²) in [5, 5.41) is 11.1. The summed E-state index contributed by atoms with van der Waals surface area (Å²) in [5.41, 5.74) is 1.30. The van der Waals surface area contributed by atoms with Gasteiger partial charge in [-0.1, -0.05) is 19.1 Å². The molecule has 33 heavy (non-hydrogen) atoms. The quantitative estimate of drug-likeness (QED) is 0.335. The highest BCUT2D eigenvalue weighted by molar-refractivity contribution is 6.46. The third-order valence-electron chi connectivity index (χ3n) is 5.58. The number of ether oxygens (including phenoxy) is 2. The van der Waals surface area contributed by atoms with E-state index in [2.05, 4.69) is 0 Å². The molecule has 1 aliphatic rings. The van der Waals surface area contributed by atoms with Gasteiger partial charge in [0, 0.05) is 12.1 Å². The third kappa shape index (κ3) is 5.54. The first-order chi connectivity index (χ1) is 15.9. The van der Waals surface area contributed by atoms with E-state index >= 15 is 0 Å². The number of ketones is 1. The zero-order valence-electron chi connectivity index (χ0n) is 19.7. The lowest BCUT2D eigenvalue weighted by Gasteiger charge is -2.26. The van der Waals surface area contributed by atoms with E-state index in [4.69, 9.17) is 9.47 Å². The number of carbonyl (C=O) groups excluding carboxylic acids is 2. The van der Waals surface area contributed by atoms with Gasteiger partial charge >= 0.3 is 0 Å². The molecule has 0 radical (unpaired) electrons. The molecule has 7 nitrogen and oxygen atoms in total. The molecule has 1 fully saturated rings. The minimum Gasteiger partial charge on any atom is -0.507 e. The highest BCUT2D eigenvalue weighted by Crippen LogP contribution is 2.40. The lowest BCUT2D eigenvalue weighted by Crippen LogP contribution is -2.32. The summed E-state index contributed by atoms with van der Waals surface area (Å²) in [6.45, 7) is 3.80. The molecule has 1 saturated heterocycles. The highest BCUT2D eigenvalue weighted by Gasteiger charge is 2.45. The van der Waals surface area contributed by atoms with E-state index in [1.54, 1.807) is 48.4 Å². The summed E-state index contributed by atoms with van der Waals surface area (Å²) in [4.78, 5) is 29.6. The maximum Gasteiger partial charge on any atom is 0.295 e. The minimum atomic E-state index is -0.676. The monoisotopic (exact) mass is 452 g/mol. The topological polar surface area (TPSA) is 79.3 Å². The average molecular weight is 453 g/mol. The van der Waals surface area contributed by atoms with Gasteiger partial charge in [-0.2, -0.15) is 0 Å². The fourth-order valence-corrected chi connectivity index (χ4v) is 3.89. The first kappa shape index (κ1) is 24.3. The lowest BCUT2D eigenvalue weighted by molar-refractivity contribution is -0.139. The molecule has 1 unspecified atom stereocenters. The molecule has 1 aliphatic heterocycles. The van der Waals surface area contributed by atoms with Gasteiger partial charge in [-0.15, -0.1) is 0 Å². The van der Waals surface area contributed by atoms with Gasteiger partial charge in [-0.25, -0.2) is 0 Å². The molecule has 7 heteroatoms. The number of amides is 1. The Labute approximate surface area is 195 Å². The van der Waals surface area contributed by atoms with E-state index in [9.17, 15) is 14.7 Å². The van der Waals surface area contributed by atoms with Crippen molar-refractivity contribution in [3.05, 3.63) is 65.2 Å². The van der Waals surface area contributed by atoms with Crippen molar-refractivity contribution in [2.24, 2.45) is 0 Å². The fraction of sp³-hybridized carbons (Fsp3) is 0.385. The predicted molar refractivity (Wildman–Crippen MR) is 127 cm³/mol. The van der Waals surface area contributed by atoms with Crippen LogP contribution >= 0.6 is 0 Å². The molecule has 1 N–H and O–H groups in total. The Bertz CT molecular complexity index is 996. The zero-order valence-corrected chi connectivity index (χ0v) is 19.7. The number of benzene rings is 2. The van der Waals surface area contributed by atoms with E-state index in [1.807, 2.05) is 38.1 Å². The normalized spacial score (nSPS) is 17.6. The number of likely N-dealkylation sites (tertiary alicyclic amines) is 1. The van der Waals surface area contributed by atoms with E-state index < -0.39 is 17.7 Å². The second-order valence-electron chi connectivity index (χ2n) is 8.30. The number of aliphatic hydroxyl groups is 1. The Morgan fingerprint density at radius 1 is 1.03 bits per heavy atom. The Morgan fingerprint density at radius 3 is 2.24 bits per heavy atom. The van der Waals surface area contributed by atoms with Gasteiger partial charge in [0.05, 0.1) is 25.3 Å². The summed E-state index contributed by atoms with van der Waals surface area (Å²) in [6.07, 6.45) is 1.59. The Kier molecular flexibility index (Phi) is 8.11. The predicted octanol–water partition coefficient (Wildman–Crippen LogP) is 3.86. The van der Waals surface area contributed by atoms with Crippen molar-refractivity contribution in [3.63, 3.8) is 0 Å². The van der Waals surface area contributed by atoms with Crippen LogP contribution in [0.4, 0.5) is 0 Å². The molecule has 3 rings (SSSR count). The molecule has 0 aliphatic carbocycles. The van der Waals surface area contributed by atoms with Crippen molar-refractivity contribution >= 4 is 17.4 Å². The zero-order chi connectivity index (χ0) is 24.0. The third-order valence-corrected chi connectivity index (χ3v) is 5.58. The van der Waals surface area contributed by atoms with Gasteiger partial charge in [0.1, 0.15) is 17.3 Å². The summed E-state index contributed by atoms with van der Waals surface area (Å²) in [7, 11) is 5.50. The van der Waals surface area contributed by atoms with Crippen LogP contribution in [0.1, 0.15) is 36.9 Å². The maximum atomic E-state index is 13.1. The van der Waals surface area contributed by atoms with Crippen molar-refractivity contribution < 1.29 is 24.2 Å². The van der Waals surface area contributed by atoms with E-state index in [1.165, 1.54) is 0 Å². The highest BCUT2D eigenvalue weighted by atomic mass is 16.5. The molecule has 0 spiro atoms. The molecule has 0 bridgehead atoms. The lowest BCUT2D eigenvalue weighted by atomic mass is 9.95. The summed E-state index contributed by atoms with van der Waals surface area (Å²) < 4.78 is 10.9. The van der Waals surface area contributed by atoms with Crippen LogP contribution < -0.4 is 9.47 Å². The molecule has 176 valence electrons. The van der Waals surface area contributed by atoms with Crippen LogP contribution in [0.25, 0.3) is 5.76 Å². The van der Waals surface area contributed by atoms with E-state index in [-0.39, 0.29) is 11.3 Å². The first-order valence-corrected chi connectivity index (χ1v) is 11.2. The van der Waals surface area contributed by atoms with Crippen LogP contribution in [0, 0.1) is 0 Å². The first-order valence-electron chi connectivity index (χ1n) is 11.2. The minimum absolute atomic E-state index is 0.0947. The second kappa shape index (κ2) is 11.0. The largest absolute Gasteiger partial charge is 0.507 e. The number of aliphatic hydroxyl groups excluding tert-OH is 1. The summed E-state index contributed by atoms with van der Waals surface area (Å²) >= 11 is 0. The van der Waals surface area contributed by atoms with Gasteiger partial charge in [0.15, 0.2) is 0 Å². The maximum absolute atomic E-state index is 13.1. The van der Waals surface area contributed by atoms with Crippen molar-refractivity contribution in [1.82, 2.24) is 9.80 Å². The molecule has 1 heterocycles. The van der Waals surface area contributed by atoms with Crippen LogP contribution in [0.15, 0.2) is 54.1 Å². The van der Waals surface area contributed by atoms with Gasteiger partial charge in [-0.05, 0) is 75.4 Å². The van der Waals surface area contributed by atoms with Crippen LogP contribution in [0.2, 0.25) is 0 Å². The number of Topliss-reactive ketones (excluding diaryl/α,β-unsaturated/α-hetero) is 1. The molecule has 1 atom stereocenters. The number of hydrogen-bond acceptors (Lipinski definition) is 6. The number of carbonyl (C=O) groups is 2. The molecular weight excluding hydrogens is 420 g/mol. The number of methoxy groups -OCH3 is 1. The molecule has 0 saturated carbocycles. The SMILES string of the molecule is CCCOc1ccc(/C(O)=C2/C(=O)C(=O)N(CCCN(C)C)C2c2ccc(OC)cc2)cc1. The summed E-state index contributed by atoms with van der Waals surface area (Å²) in [6, 6.07) is 13.4. The van der Waals surface area contributed by atoms with Crippen LogP contribution in [0.5, 0.6) is 11.5 Å². The van der Waals surface area contributed by atoms with Crippen molar-refractivity contribution in [1.29, 1.82) is 0 Å². The number of rotatable bonds is 10. The van der Waals surface area contributed by atoms with E-state index in [0.29, 0.717) is 36.6 Å². The molecule has 2 aromatic rings. The Hall–Kier alpha value is -3.32. The van der Waals surface area contributed by atoms with Crippen molar-refractivity contribution in [2.45, 2.75) is 25.8 Å². The molecule has 2 aromatic carbocycles. The Morgan fingerprint density at radius 2 is 1.67 bits per heavy atom. The second-order valence-corrected chi connectivity index (χ2v) is 8.30. The average Bonchev–Trinajstić information content (AvgIpc) is 3.07.